The van der Waals surface area contributed by atoms with Crippen LogP contribution in [0.4, 0.5) is 5.69 Å². The zero-order valence-electron chi connectivity index (χ0n) is 12.2. The van der Waals surface area contributed by atoms with Gasteiger partial charge in [-0.15, -0.1) is 0 Å². The Hall–Kier alpha value is -2.40. The highest BCUT2D eigenvalue weighted by molar-refractivity contribution is 6.04. The summed E-state index contributed by atoms with van der Waals surface area (Å²) >= 11 is 0. The summed E-state index contributed by atoms with van der Waals surface area (Å²) in [7, 11) is 0. The minimum absolute atomic E-state index is 0.143. The van der Waals surface area contributed by atoms with Gasteiger partial charge in [-0.25, -0.2) is 0 Å². The van der Waals surface area contributed by atoms with E-state index in [0.29, 0.717) is 23.6 Å². The van der Waals surface area contributed by atoms with Gasteiger partial charge in [0.1, 0.15) is 12.4 Å². The van der Waals surface area contributed by atoms with E-state index < -0.39 is 0 Å². The molecule has 1 N–H and O–H groups in total. The van der Waals surface area contributed by atoms with E-state index in [1.165, 1.54) is 0 Å². The third-order valence-corrected chi connectivity index (χ3v) is 3.53. The predicted octanol–water partition coefficient (Wildman–Crippen LogP) is 2.89. The van der Waals surface area contributed by atoms with Gasteiger partial charge < -0.3 is 14.8 Å². The van der Waals surface area contributed by atoms with Crippen LogP contribution in [-0.2, 0) is 4.74 Å². The van der Waals surface area contributed by atoms with E-state index in [2.05, 4.69) is 10.3 Å². The Morgan fingerprint density at radius 1 is 1.27 bits per heavy atom. The molecule has 22 heavy (non-hydrogen) atoms. The van der Waals surface area contributed by atoms with Crippen LogP contribution in [0.5, 0.6) is 5.75 Å². The third-order valence-electron chi connectivity index (χ3n) is 3.53. The summed E-state index contributed by atoms with van der Waals surface area (Å²) in [6, 6.07) is 10.8. The minimum Gasteiger partial charge on any atom is -0.489 e. The Morgan fingerprint density at radius 2 is 2.09 bits per heavy atom. The van der Waals surface area contributed by atoms with Gasteiger partial charge in [-0.1, -0.05) is 12.1 Å². The zero-order valence-corrected chi connectivity index (χ0v) is 12.2. The molecule has 0 radical (unpaired) electrons. The molecule has 0 aliphatic carbocycles. The number of rotatable bonds is 5. The van der Waals surface area contributed by atoms with Gasteiger partial charge in [-0.05, 0) is 37.1 Å². The monoisotopic (exact) mass is 298 g/mol. The fraction of sp³-hybridized carbons (Fsp3) is 0.294. The second-order valence-corrected chi connectivity index (χ2v) is 5.13. The lowest BCUT2D eigenvalue weighted by Crippen LogP contribution is -2.18. The highest BCUT2D eigenvalue weighted by atomic mass is 16.5. The summed E-state index contributed by atoms with van der Waals surface area (Å²) in [4.78, 5) is 16.1. The molecule has 1 fully saturated rings. The van der Waals surface area contributed by atoms with Crippen LogP contribution in [-0.4, -0.2) is 30.2 Å². The summed E-state index contributed by atoms with van der Waals surface area (Å²) in [5.74, 6) is 0.468. The van der Waals surface area contributed by atoms with E-state index in [9.17, 15) is 4.79 Å². The van der Waals surface area contributed by atoms with Crippen LogP contribution in [0.3, 0.4) is 0 Å². The normalized spacial score (nSPS) is 17.2. The molecule has 1 aromatic carbocycles. The quantitative estimate of drug-likeness (QED) is 0.922. The molecule has 1 aromatic heterocycles. The second-order valence-electron chi connectivity index (χ2n) is 5.13. The summed E-state index contributed by atoms with van der Waals surface area (Å²) < 4.78 is 11.4. The van der Waals surface area contributed by atoms with Gasteiger partial charge in [0, 0.05) is 24.6 Å². The smallest absolute Gasteiger partial charge is 0.255 e. The SMILES string of the molecule is O=C(Nc1ccccc1OCC1CCCO1)c1ccncc1. The Morgan fingerprint density at radius 3 is 2.86 bits per heavy atom. The fourth-order valence-electron chi connectivity index (χ4n) is 2.35. The largest absolute Gasteiger partial charge is 0.489 e. The maximum Gasteiger partial charge on any atom is 0.255 e. The average Bonchev–Trinajstić information content (AvgIpc) is 3.08. The van der Waals surface area contributed by atoms with Gasteiger partial charge >= 0.3 is 0 Å². The number of anilines is 1. The predicted molar refractivity (Wildman–Crippen MR) is 83.1 cm³/mol. The molecular weight excluding hydrogens is 280 g/mol. The van der Waals surface area contributed by atoms with Crippen molar-refractivity contribution in [3.8, 4) is 5.75 Å². The van der Waals surface area contributed by atoms with Crippen molar-refractivity contribution >= 4 is 11.6 Å². The van der Waals surface area contributed by atoms with Gasteiger partial charge in [0.2, 0.25) is 0 Å². The fourth-order valence-corrected chi connectivity index (χ4v) is 2.35. The molecule has 0 spiro atoms. The van der Waals surface area contributed by atoms with Crippen LogP contribution in [0.15, 0.2) is 48.8 Å². The number of nitrogens with one attached hydrogen (secondary N) is 1. The second kappa shape index (κ2) is 7.04. The number of hydrogen-bond acceptors (Lipinski definition) is 4. The molecule has 5 nitrogen and oxygen atoms in total. The number of carbonyl (C=O) groups excluding carboxylic acids is 1. The van der Waals surface area contributed by atoms with Crippen LogP contribution in [0.25, 0.3) is 0 Å². The Bertz CT molecular complexity index is 625. The summed E-state index contributed by atoms with van der Waals surface area (Å²) in [6.45, 7) is 1.30. The van der Waals surface area contributed by atoms with Crippen LogP contribution < -0.4 is 10.1 Å². The molecule has 0 bridgehead atoms. The maximum atomic E-state index is 12.2. The van der Waals surface area contributed by atoms with Crippen LogP contribution in [0.1, 0.15) is 23.2 Å². The molecule has 1 aliphatic rings. The average molecular weight is 298 g/mol. The number of para-hydroxylation sites is 2. The number of nitrogens with zero attached hydrogens (tertiary/aromatic N) is 1. The van der Waals surface area contributed by atoms with E-state index in [1.807, 2.05) is 24.3 Å². The summed E-state index contributed by atoms with van der Waals surface area (Å²) in [6.07, 6.45) is 5.42. The molecule has 3 rings (SSSR count). The molecule has 1 atom stereocenters. The van der Waals surface area contributed by atoms with Crippen molar-refractivity contribution in [2.45, 2.75) is 18.9 Å². The van der Waals surface area contributed by atoms with Gasteiger partial charge in [0.25, 0.3) is 5.91 Å². The van der Waals surface area contributed by atoms with Crippen molar-refractivity contribution < 1.29 is 14.3 Å². The van der Waals surface area contributed by atoms with Crippen molar-refractivity contribution in [1.82, 2.24) is 4.98 Å². The molecule has 2 heterocycles. The first-order valence-electron chi connectivity index (χ1n) is 7.38. The highest BCUT2D eigenvalue weighted by Crippen LogP contribution is 2.25. The van der Waals surface area contributed by atoms with Gasteiger partial charge in [0.05, 0.1) is 11.8 Å². The van der Waals surface area contributed by atoms with Gasteiger partial charge in [-0.2, -0.15) is 0 Å². The Labute approximate surface area is 129 Å². The number of amides is 1. The van der Waals surface area contributed by atoms with Crippen molar-refractivity contribution in [3.63, 3.8) is 0 Å². The number of ether oxygens (including phenoxy) is 2. The van der Waals surface area contributed by atoms with Crippen molar-refractivity contribution in [1.29, 1.82) is 0 Å². The van der Waals surface area contributed by atoms with E-state index in [-0.39, 0.29) is 12.0 Å². The van der Waals surface area contributed by atoms with Crippen LogP contribution >= 0.6 is 0 Å². The highest BCUT2D eigenvalue weighted by Gasteiger charge is 2.17. The number of hydrogen-bond donors (Lipinski definition) is 1. The van der Waals surface area contributed by atoms with E-state index in [4.69, 9.17) is 9.47 Å². The van der Waals surface area contributed by atoms with Gasteiger partial charge in [0.15, 0.2) is 0 Å². The first-order chi connectivity index (χ1) is 10.8. The third kappa shape index (κ3) is 3.62. The number of benzene rings is 1. The molecule has 1 saturated heterocycles. The summed E-state index contributed by atoms with van der Waals surface area (Å²) in [5.41, 5.74) is 1.21. The first-order valence-corrected chi connectivity index (χ1v) is 7.38. The molecule has 1 unspecified atom stereocenters. The van der Waals surface area contributed by atoms with Crippen molar-refractivity contribution in [3.05, 3.63) is 54.4 Å². The number of pyridine rings is 1. The first kappa shape index (κ1) is 14.5. The van der Waals surface area contributed by atoms with Crippen LogP contribution in [0.2, 0.25) is 0 Å². The lowest BCUT2D eigenvalue weighted by molar-refractivity contribution is 0.0682. The molecular formula is C17H18N2O3. The Balaban J connectivity index is 1.66. The molecule has 5 heteroatoms. The number of aromatic nitrogens is 1. The lowest BCUT2D eigenvalue weighted by Gasteiger charge is -2.15. The molecule has 2 aromatic rings. The summed E-state index contributed by atoms with van der Waals surface area (Å²) in [5, 5.41) is 2.87. The lowest BCUT2D eigenvalue weighted by atomic mass is 10.2. The minimum atomic E-state index is -0.185. The topological polar surface area (TPSA) is 60.5 Å². The van der Waals surface area contributed by atoms with E-state index in [0.717, 1.165) is 19.4 Å². The van der Waals surface area contributed by atoms with E-state index >= 15 is 0 Å². The Kier molecular flexibility index (Phi) is 4.65. The molecule has 1 aliphatic heterocycles. The van der Waals surface area contributed by atoms with E-state index in [1.54, 1.807) is 24.5 Å². The van der Waals surface area contributed by atoms with Crippen molar-refractivity contribution in [2.24, 2.45) is 0 Å². The zero-order chi connectivity index (χ0) is 15.2. The van der Waals surface area contributed by atoms with Crippen LogP contribution in [0, 0.1) is 0 Å². The molecule has 114 valence electrons. The standard InChI is InChI=1S/C17H18N2O3/c20-17(13-7-9-18-10-8-13)19-15-5-1-2-6-16(15)22-12-14-4-3-11-21-14/h1-2,5-10,14H,3-4,11-12H2,(H,19,20). The molecule has 0 saturated carbocycles. The maximum absolute atomic E-state index is 12.2. The molecule has 1 amide bonds. The van der Waals surface area contributed by atoms with Gasteiger partial charge in [-0.3, -0.25) is 9.78 Å². The van der Waals surface area contributed by atoms with Crippen molar-refractivity contribution in [2.75, 3.05) is 18.5 Å². The number of carbonyl (C=O) groups is 1.